The van der Waals surface area contributed by atoms with Gasteiger partial charge in [-0.3, -0.25) is 9.59 Å². The number of hydrogen-bond acceptors (Lipinski definition) is 4. The predicted octanol–water partition coefficient (Wildman–Crippen LogP) is 3.95. The number of pyridine rings is 1. The highest BCUT2D eigenvalue weighted by atomic mass is 35.5. The van der Waals surface area contributed by atoms with Crippen LogP contribution >= 0.6 is 23.2 Å². The van der Waals surface area contributed by atoms with Crippen molar-refractivity contribution in [1.29, 1.82) is 0 Å². The van der Waals surface area contributed by atoms with Gasteiger partial charge in [-0.2, -0.15) is 0 Å². The third-order valence-corrected chi connectivity index (χ3v) is 4.32. The van der Waals surface area contributed by atoms with Gasteiger partial charge in [-0.15, -0.1) is 0 Å². The SMILES string of the molecule is CCCN(CC(=O)Nc1cc(Cl)ccc1Cl)C(=O)c1cccnc1N(C)C. The van der Waals surface area contributed by atoms with Gasteiger partial charge in [0.1, 0.15) is 12.4 Å². The fourth-order valence-electron chi connectivity index (χ4n) is 2.57. The number of amides is 2. The van der Waals surface area contributed by atoms with Crippen LogP contribution in [0.5, 0.6) is 0 Å². The molecule has 0 unspecified atom stereocenters. The summed E-state index contributed by atoms with van der Waals surface area (Å²) in [5.41, 5.74) is 0.859. The lowest BCUT2D eigenvalue weighted by Gasteiger charge is -2.24. The van der Waals surface area contributed by atoms with E-state index in [4.69, 9.17) is 23.2 Å². The van der Waals surface area contributed by atoms with Gasteiger partial charge >= 0.3 is 0 Å². The number of nitrogens with zero attached hydrogens (tertiary/aromatic N) is 3. The average Bonchev–Trinajstić information content (AvgIpc) is 2.63. The molecular formula is C19H22Cl2N4O2. The minimum Gasteiger partial charge on any atom is -0.362 e. The van der Waals surface area contributed by atoms with Crippen LogP contribution in [0.3, 0.4) is 0 Å². The summed E-state index contributed by atoms with van der Waals surface area (Å²) in [6.07, 6.45) is 2.35. The highest BCUT2D eigenvalue weighted by molar-refractivity contribution is 6.35. The molecule has 1 aromatic heterocycles. The van der Waals surface area contributed by atoms with Crippen molar-refractivity contribution in [1.82, 2.24) is 9.88 Å². The normalized spacial score (nSPS) is 10.4. The van der Waals surface area contributed by atoms with Crippen molar-refractivity contribution in [3.05, 3.63) is 52.1 Å². The third kappa shape index (κ3) is 5.58. The van der Waals surface area contributed by atoms with Crippen molar-refractivity contribution in [2.24, 2.45) is 0 Å². The zero-order chi connectivity index (χ0) is 20.0. The molecule has 2 aromatic rings. The summed E-state index contributed by atoms with van der Waals surface area (Å²) in [5.74, 6) is -0.0425. The molecule has 2 rings (SSSR count). The van der Waals surface area contributed by atoms with Gasteiger partial charge in [0.15, 0.2) is 0 Å². The molecule has 0 radical (unpaired) electrons. The van der Waals surface area contributed by atoms with Crippen molar-refractivity contribution in [2.75, 3.05) is 37.4 Å². The number of aromatic nitrogens is 1. The van der Waals surface area contributed by atoms with E-state index in [-0.39, 0.29) is 18.4 Å². The van der Waals surface area contributed by atoms with Crippen LogP contribution in [0.15, 0.2) is 36.5 Å². The first-order chi connectivity index (χ1) is 12.8. The Kier molecular flexibility index (Phi) is 7.45. The topological polar surface area (TPSA) is 65.5 Å². The van der Waals surface area contributed by atoms with Crippen LogP contribution in [0.2, 0.25) is 10.0 Å². The standard InChI is InChI=1S/C19H22Cl2N4O2/c1-4-10-25(19(27)14-6-5-9-22-18(14)24(2)3)12-17(26)23-16-11-13(20)7-8-15(16)21/h5-9,11H,4,10,12H2,1-3H3,(H,23,26). The van der Waals surface area contributed by atoms with E-state index in [2.05, 4.69) is 10.3 Å². The molecule has 0 aliphatic rings. The van der Waals surface area contributed by atoms with Gasteiger partial charge in [0.05, 0.1) is 16.3 Å². The quantitative estimate of drug-likeness (QED) is 0.752. The zero-order valence-corrected chi connectivity index (χ0v) is 17.0. The van der Waals surface area contributed by atoms with Crippen LogP contribution < -0.4 is 10.2 Å². The van der Waals surface area contributed by atoms with E-state index < -0.39 is 0 Å². The molecule has 6 nitrogen and oxygen atoms in total. The van der Waals surface area contributed by atoms with E-state index in [9.17, 15) is 9.59 Å². The summed E-state index contributed by atoms with van der Waals surface area (Å²) in [7, 11) is 3.63. The second-order valence-electron chi connectivity index (χ2n) is 6.17. The second kappa shape index (κ2) is 9.58. The molecule has 0 aliphatic heterocycles. The molecule has 1 heterocycles. The predicted molar refractivity (Wildman–Crippen MR) is 110 cm³/mol. The number of benzene rings is 1. The Balaban J connectivity index is 2.18. The number of halogens is 2. The maximum absolute atomic E-state index is 13.0. The third-order valence-electron chi connectivity index (χ3n) is 3.76. The Bertz CT molecular complexity index is 827. The molecule has 0 atom stereocenters. The number of carbonyl (C=O) groups is 2. The van der Waals surface area contributed by atoms with Crippen molar-refractivity contribution in [3.63, 3.8) is 0 Å². The molecule has 0 saturated carbocycles. The van der Waals surface area contributed by atoms with E-state index >= 15 is 0 Å². The molecular weight excluding hydrogens is 387 g/mol. The Morgan fingerprint density at radius 3 is 2.59 bits per heavy atom. The lowest BCUT2D eigenvalue weighted by atomic mass is 10.2. The van der Waals surface area contributed by atoms with E-state index in [0.29, 0.717) is 40.1 Å². The number of carbonyl (C=O) groups excluding carboxylic acids is 2. The van der Waals surface area contributed by atoms with E-state index in [1.54, 1.807) is 41.4 Å². The molecule has 1 N–H and O–H groups in total. The second-order valence-corrected chi connectivity index (χ2v) is 7.01. The smallest absolute Gasteiger partial charge is 0.258 e. The summed E-state index contributed by atoms with van der Waals surface area (Å²) < 4.78 is 0. The van der Waals surface area contributed by atoms with Crippen molar-refractivity contribution >= 4 is 46.5 Å². The van der Waals surface area contributed by atoms with Gasteiger partial charge in [0, 0.05) is 31.9 Å². The molecule has 0 fully saturated rings. The van der Waals surface area contributed by atoms with Crippen LogP contribution in [0.4, 0.5) is 11.5 Å². The van der Waals surface area contributed by atoms with Crippen molar-refractivity contribution in [2.45, 2.75) is 13.3 Å². The number of nitrogens with one attached hydrogen (secondary N) is 1. The van der Waals surface area contributed by atoms with Crippen molar-refractivity contribution in [3.8, 4) is 0 Å². The summed E-state index contributed by atoms with van der Waals surface area (Å²) in [5, 5.41) is 3.55. The first kappa shape index (κ1) is 21.0. The zero-order valence-electron chi connectivity index (χ0n) is 15.5. The summed E-state index contributed by atoms with van der Waals surface area (Å²) >= 11 is 12.0. The van der Waals surface area contributed by atoms with Crippen LogP contribution in [0, 0.1) is 0 Å². The Labute approximate surface area is 169 Å². The lowest BCUT2D eigenvalue weighted by molar-refractivity contribution is -0.116. The minimum atomic E-state index is -0.351. The highest BCUT2D eigenvalue weighted by Crippen LogP contribution is 2.25. The van der Waals surface area contributed by atoms with E-state index in [0.717, 1.165) is 0 Å². The summed E-state index contributed by atoms with van der Waals surface area (Å²) in [6.45, 7) is 2.29. The Morgan fingerprint density at radius 1 is 1.19 bits per heavy atom. The van der Waals surface area contributed by atoms with E-state index in [1.807, 2.05) is 21.0 Å². The van der Waals surface area contributed by atoms with Crippen LogP contribution in [-0.2, 0) is 4.79 Å². The van der Waals surface area contributed by atoms with Crippen molar-refractivity contribution < 1.29 is 9.59 Å². The molecule has 1 aromatic carbocycles. The monoisotopic (exact) mass is 408 g/mol. The maximum atomic E-state index is 13.0. The largest absolute Gasteiger partial charge is 0.362 e. The van der Waals surface area contributed by atoms with Crippen LogP contribution in [0.25, 0.3) is 0 Å². The van der Waals surface area contributed by atoms with Gasteiger partial charge in [-0.25, -0.2) is 4.98 Å². The fraction of sp³-hybridized carbons (Fsp3) is 0.316. The maximum Gasteiger partial charge on any atom is 0.258 e. The van der Waals surface area contributed by atoms with E-state index in [1.165, 1.54) is 4.90 Å². The molecule has 27 heavy (non-hydrogen) atoms. The molecule has 144 valence electrons. The number of anilines is 2. The fourth-order valence-corrected chi connectivity index (χ4v) is 2.91. The minimum absolute atomic E-state index is 0.0999. The lowest BCUT2D eigenvalue weighted by Crippen LogP contribution is -2.39. The molecule has 2 amide bonds. The van der Waals surface area contributed by atoms with Gasteiger partial charge in [-0.05, 0) is 36.8 Å². The first-order valence-electron chi connectivity index (χ1n) is 8.50. The van der Waals surface area contributed by atoms with Crippen LogP contribution in [0.1, 0.15) is 23.7 Å². The number of hydrogen-bond donors (Lipinski definition) is 1. The van der Waals surface area contributed by atoms with Crippen LogP contribution in [-0.4, -0.2) is 48.9 Å². The molecule has 0 spiro atoms. The van der Waals surface area contributed by atoms with Gasteiger partial charge in [0.2, 0.25) is 5.91 Å². The molecule has 0 aliphatic carbocycles. The average molecular weight is 409 g/mol. The van der Waals surface area contributed by atoms with Gasteiger partial charge in [0.25, 0.3) is 5.91 Å². The summed E-state index contributed by atoms with van der Waals surface area (Å²) in [4.78, 5) is 33.0. The van der Waals surface area contributed by atoms with Gasteiger partial charge < -0.3 is 15.1 Å². The summed E-state index contributed by atoms with van der Waals surface area (Å²) in [6, 6.07) is 8.22. The van der Waals surface area contributed by atoms with Gasteiger partial charge in [-0.1, -0.05) is 30.1 Å². The Morgan fingerprint density at radius 2 is 1.93 bits per heavy atom. The number of rotatable bonds is 7. The first-order valence-corrected chi connectivity index (χ1v) is 9.25. The molecule has 8 heteroatoms. The Hall–Kier alpha value is -2.31. The molecule has 0 bridgehead atoms. The molecule has 0 saturated heterocycles. The highest BCUT2D eigenvalue weighted by Gasteiger charge is 2.22.